The van der Waals surface area contributed by atoms with Crippen LogP contribution in [0.15, 0.2) is 164 Å². The van der Waals surface area contributed by atoms with Crippen LogP contribution in [0.2, 0.25) is 0 Å². The van der Waals surface area contributed by atoms with E-state index < -0.39 is 0 Å². The van der Waals surface area contributed by atoms with Crippen LogP contribution < -0.4 is 0 Å². The summed E-state index contributed by atoms with van der Waals surface area (Å²) in [6.07, 6.45) is 10.2. The molecule has 63 heavy (non-hydrogen) atoms. The minimum absolute atomic E-state index is 0.0587. The molecule has 0 radical (unpaired) electrons. The van der Waals surface area contributed by atoms with Gasteiger partial charge in [0.25, 0.3) is 0 Å². The average Bonchev–Trinajstić information content (AvgIpc) is 3.50. The minimum Gasteiger partial charge on any atom is -0.0984 e. The number of hydrogen-bond donors (Lipinski definition) is 0. The highest BCUT2D eigenvalue weighted by molar-refractivity contribution is 5.97. The molecule has 0 heterocycles. The van der Waals surface area contributed by atoms with Gasteiger partial charge >= 0.3 is 0 Å². The predicted octanol–water partition coefficient (Wildman–Crippen LogP) is 18.9. The molecule has 0 aliphatic heterocycles. The van der Waals surface area contributed by atoms with Gasteiger partial charge in [0.15, 0.2) is 0 Å². The lowest BCUT2D eigenvalue weighted by molar-refractivity contribution is 0.660. The molecule has 0 bridgehead atoms. The average molecular weight is 829 g/mol. The lowest BCUT2D eigenvalue weighted by Crippen LogP contribution is -2.15. The lowest BCUT2D eigenvalue weighted by Gasteiger charge is -2.24. The predicted molar refractivity (Wildman–Crippen MR) is 284 cm³/mol. The third-order valence-electron chi connectivity index (χ3n) is 12.0. The Balaban J connectivity index is 0.000000224. The van der Waals surface area contributed by atoms with E-state index >= 15 is 0 Å². The molecule has 0 heteroatoms. The molecule has 0 N–H and O–H groups in total. The molecule has 1 aliphatic rings. The molecule has 0 saturated heterocycles. The molecule has 0 aromatic heterocycles. The number of rotatable bonds is 5. The maximum atomic E-state index is 4.20. The normalized spacial score (nSPS) is 11.9. The number of fused-ring (bicyclic) bond motifs is 4. The summed E-state index contributed by atoms with van der Waals surface area (Å²) in [4.78, 5) is 0. The van der Waals surface area contributed by atoms with Crippen LogP contribution in [0.3, 0.4) is 0 Å². The van der Waals surface area contributed by atoms with Gasteiger partial charge in [0.2, 0.25) is 0 Å². The second-order valence-electron chi connectivity index (χ2n) is 17.1. The van der Waals surface area contributed by atoms with Gasteiger partial charge in [0.1, 0.15) is 0 Å². The van der Waals surface area contributed by atoms with Gasteiger partial charge in [-0.3, -0.25) is 0 Å². The Kier molecular flexibility index (Phi) is 17.8. The van der Waals surface area contributed by atoms with Gasteiger partial charge in [-0.2, -0.15) is 0 Å². The highest BCUT2D eigenvalue weighted by Gasteiger charge is 2.38. The van der Waals surface area contributed by atoms with Crippen molar-refractivity contribution < 1.29 is 0 Å². The zero-order valence-electron chi connectivity index (χ0n) is 40.9. The van der Waals surface area contributed by atoms with Crippen LogP contribution in [0.25, 0.3) is 56.3 Å². The summed E-state index contributed by atoms with van der Waals surface area (Å²) in [7, 11) is 0. The second-order valence-corrected chi connectivity index (χ2v) is 17.1. The van der Waals surface area contributed by atoms with Gasteiger partial charge in [-0.1, -0.05) is 214 Å². The lowest BCUT2D eigenvalue weighted by atomic mass is 9.79. The molecule has 324 valence electrons. The molecule has 0 atom stereocenters. The second kappa shape index (κ2) is 22.7. The van der Waals surface area contributed by atoms with Crippen LogP contribution in [-0.4, -0.2) is 0 Å². The van der Waals surface area contributed by atoms with E-state index in [1.54, 1.807) is 0 Å². The monoisotopic (exact) mass is 829 g/mol. The Morgan fingerprint density at radius 1 is 0.492 bits per heavy atom. The SMILES string of the molecule is C/C=C\C(C)=C/C.C=Cc1c(-c2ccc3cc(C)ccc3c2)cc2c(c1C=C)-c1ccc(C)cc1C2(C)C.CC.Cc1cccc(C)c1.Cc1ccccc1-c1cccc(C)c1C. The summed E-state index contributed by atoms with van der Waals surface area (Å²) in [5, 5.41) is 2.54. The maximum Gasteiger partial charge on any atom is 0.0159 e. The summed E-state index contributed by atoms with van der Waals surface area (Å²) in [5.74, 6) is 0. The first-order valence-electron chi connectivity index (χ1n) is 22.6. The van der Waals surface area contributed by atoms with Gasteiger partial charge < -0.3 is 0 Å². The van der Waals surface area contributed by atoms with Crippen molar-refractivity contribution in [1.29, 1.82) is 0 Å². The van der Waals surface area contributed by atoms with Gasteiger partial charge in [0, 0.05) is 5.41 Å². The fourth-order valence-electron chi connectivity index (χ4n) is 8.33. The molecule has 0 nitrogen and oxygen atoms in total. The number of aryl methyl sites for hydroxylation is 6. The van der Waals surface area contributed by atoms with E-state index in [1.165, 1.54) is 105 Å². The largest absolute Gasteiger partial charge is 0.0984 e. The molecule has 8 rings (SSSR count). The standard InChI is InChI=1S/C31H28.C15H16.C8H10.C7H12.C2H6/c1-7-24-25(8-2)30-26-14-10-20(4)16-28(26)31(5,6)29(30)18-27(24)23-13-12-21-15-19(3)9-11-22(21)17-23;1-11-8-6-10-15(13(11)3)14-9-5-4-7-12(14)2;1-7-4-3-5-8(2)6-7;1-4-6-7(3)5-2;1-2/h7-18H,1-2H2,3-6H3;4-10H,1-3H3;3-6H,1-2H3;4-6H,1-3H3;1-2H3/b;;;6-4-,7-5-;. The first-order valence-corrected chi connectivity index (χ1v) is 22.6. The molecule has 0 fully saturated rings. The molecule has 0 unspecified atom stereocenters. The summed E-state index contributed by atoms with van der Waals surface area (Å²) in [6, 6.07) is 46.1. The van der Waals surface area contributed by atoms with Crippen LogP contribution in [0.5, 0.6) is 0 Å². The van der Waals surface area contributed by atoms with Crippen LogP contribution in [0.1, 0.15) is 110 Å². The van der Waals surface area contributed by atoms with Crippen molar-refractivity contribution in [1.82, 2.24) is 0 Å². The Labute approximate surface area is 382 Å². The van der Waals surface area contributed by atoms with Crippen LogP contribution in [-0.2, 0) is 5.41 Å². The summed E-state index contributed by atoms with van der Waals surface area (Å²) in [6.45, 7) is 38.2. The first kappa shape index (κ1) is 49.4. The van der Waals surface area contributed by atoms with Crippen LogP contribution >= 0.6 is 0 Å². The molecule has 1 aliphatic carbocycles. The van der Waals surface area contributed by atoms with E-state index in [-0.39, 0.29) is 5.41 Å². The van der Waals surface area contributed by atoms with Gasteiger partial charge in [-0.25, -0.2) is 0 Å². The molecule has 7 aromatic rings. The fraction of sp³-hybridized carbons (Fsp3) is 0.238. The zero-order valence-corrected chi connectivity index (χ0v) is 40.9. The molecular formula is C63H72. The van der Waals surface area contributed by atoms with E-state index in [1.807, 2.05) is 45.9 Å². The van der Waals surface area contributed by atoms with Crippen molar-refractivity contribution >= 4 is 22.9 Å². The first-order chi connectivity index (χ1) is 30.1. The van der Waals surface area contributed by atoms with E-state index in [0.29, 0.717) is 0 Å². The van der Waals surface area contributed by atoms with Crippen molar-refractivity contribution in [2.24, 2.45) is 0 Å². The van der Waals surface area contributed by atoms with E-state index in [4.69, 9.17) is 0 Å². The molecule has 0 amide bonds. The minimum atomic E-state index is -0.0587. The van der Waals surface area contributed by atoms with Crippen molar-refractivity contribution in [3.8, 4) is 33.4 Å². The van der Waals surface area contributed by atoms with E-state index in [9.17, 15) is 0 Å². The Morgan fingerprint density at radius 2 is 1.05 bits per heavy atom. The quantitative estimate of drug-likeness (QED) is 0.152. The number of allylic oxidation sites excluding steroid dienone is 4. The third-order valence-corrected chi connectivity index (χ3v) is 12.0. The summed E-state index contributed by atoms with van der Waals surface area (Å²) >= 11 is 0. The Hall–Kier alpha value is -6.24. The van der Waals surface area contributed by atoms with Crippen molar-refractivity contribution in [3.63, 3.8) is 0 Å². The molecule has 0 saturated carbocycles. The van der Waals surface area contributed by atoms with Crippen molar-refractivity contribution in [2.75, 3.05) is 0 Å². The van der Waals surface area contributed by atoms with Crippen molar-refractivity contribution in [3.05, 3.63) is 226 Å². The molecular weight excluding hydrogens is 757 g/mol. The van der Waals surface area contributed by atoms with Gasteiger partial charge in [0.05, 0.1) is 0 Å². The number of benzene rings is 7. The van der Waals surface area contributed by atoms with E-state index in [2.05, 4.69) is 222 Å². The maximum absolute atomic E-state index is 4.20. The highest BCUT2D eigenvalue weighted by Crippen LogP contribution is 2.53. The topological polar surface area (TPSA) is 0 Å². The fourth-order valence-corrected chi connectivity index (χ4v) is 8.33. The summed E-state index contributed by atoms with van der Waals surface area (Å²) < 4.78 is 0. The summed E-state index contributed by atoms with van der Waals surface area (Å²) in [5.41, 5.74) is 23.5. The van der Waals surface area contributed by atoms with Crippen LogP contribution in [0, 0.1) is 48.5 Å². The zero-order chi connectivity index (χ0) is 46.4. The molecule has 7 aromatic carbocycles. The van der Waals surface area contributed by atoms with Gasteiger partial charge in [-0.05, 0) is 164 Å². The Morgan fingerprint density at radius 3 is 1.63 bits per heavy atom. The van der Waals surface area contributed by atoms with Crippen LogP contribution in [0.4, 0.5) is 0 Å². The third kappa shape index (κ3) is 11.8. The highest BCUT2D eigenvalue weighted by atomic mass is 14.4. The van der Waals surface area contributed by atoms with Gasteiger partial charge in [-0.15, -0.1) is 0 Å². The molecule has 0 spiro atoms. The smallest absolute Gasteiger partial charge is 0.0159 e. The van der Waals surface area contributed by atoms with E-state index in [0.717, 1.165) is 5.56 Å². The van der Waals surface area contributed by atoms with Crippen molar-refractivity contribution in [2.45, 2.75) is 102 Å². The Bertz CT molecular complexity index is 2720. The number of hydrogen-bond acceptors (Lipinski definition) is 0.